The number of hydrogen-bond acceptors (Lipinski definition) is 2. The van der Waals surface area contributed by atoms with Crippen LogP contribution >= 0.6 is 0 Å². The largest absolute Gasteiger partial charge is 0.246 e. The second-order valence-electron chi connectivity index (χ2n) is 13.3. The molecule has 0 aromatic heterocycles. The fourth-order valence-electron chi connectivity index (χ4n) is 6.08. The van der Waals surface area contributed by atoms with Crippen LogP contribution in [-0.4, -0.2) is 11.4 Å². The van der Waals surface area contributed by atoms with Gasteiger partial charge in [-0.1, -0.05) is 129 Å². The molecule has 0 saturated heterocycles. The molecule has 0 aliphatic heterocycles. The Morgan fingerprint density at radius 3 is 1.47 bits per heavy atom. The lowest BCUT2D eigenvalue weighted by atomic mass is 9.97. The molecule has 0 aliphatic rings. The van der Waals surface area contributed by atoms with Crippen LogP contribution < -0.4 is 0 Å². The summed E-state index contributed by atoms with van der Waals surface area (Å²) in [5, 5.41) is 0. The second kappa shape index (κ2) is 26.1. The summed E-state index contributed by atoms with van der Waals surface area (Å²) >= 11 is 0. The average Bonchev–Trinajstić information content (AvgIpc) is 3.09. The Bertz CT molecular complexity index is 1280. The number of nitrogens with zero attached hydrogens (tertiary/aromatic N) is 2. The zero-order chi connectivity index (χ0) is 34.0. The van der Waals surface area contributed by atoms with Crippen LogP contribution in [0, 0.1) is 11.8 Å². The molecule has 0 aliphatic carbocycles. The molecule has 0 atom stereocenters. The average molecular weight is 637 g/mol. The molecule has 0 unspecified atom stereocenters. The van der Waals surface area contributed by atoms with Gasteiger partial charge in [0.2, 0.25) is 0 Å². The van der Waals surface area contributed by atoms with Gasteiger partial charge >= 0.3 is 0 Å². The fourth-order valence-corrected chi connectivity index (χ4v) is 6.08. The van der Waals surface area contributed by atoms with Gasteiger partial charge in [-0.25, -0.2) is 9.98 Å². The van der Waals surface area contributed by atoms with Gasteiger partial charge in [0.15, 0.2) is 0 Å². The van der Waals surface area contributed by atoms with Crippen LogP contribution in [0.2, 0.25) is 0 Å². The van der Waals surface area contributed by atoms with Crippen LogP contribution in [0.25, 0.3) is 0 Å². The number of benzene rings is 2. The molecule has 0 spiro atoms. The van der Waals surface area contributed by atoms with E-state index < -0.39 is 0 Å². The molecule has 0 heterocycles. The quantitative estimate of drug-likeness (QED) is 0.0588. The summed E-state index contributed by atoms with van der Waals surface area (Å²) in [4.78, 5) is 10.5. The molecule has 2 nitrogen and oxygen atoms in total. The van der Waals surface area contributed by atoms with E-state index in [2.05, 4.69) is 95.0 Å². The van der Waals surface area contributed by atoms with E-state index >= 15 is 0 Å². The molecule has 2 aromatic carbocycles. The Morgan fingerprint density at radius 2 is 0.979 bits per heavy atom. The molecule has 0 amide bonds. The minimum absolute atomic E-state index is 0.757. The molecule has 47 heavy (non-hydrogen) atoms. The summed E-state index contributed by atoms with van der Waals surface area (Å²) in [5.74, 6) is 6.51. The third kappa shape index (κ3) is 16.6. The monoisotopic (exact) mass is 637 g/mol. The zero-order valence-electron chi connectivity index (χ0n) is 31.4. The lowest BCUT2D eigenvalue weighted by molar-refractivity contribution is 0.577. The first kappa shape index (κ1) is 40.3. The van der Waals surface area contributed by atoms with Crippen LogP contribution in [0.1, 0.15) is 173 Å². The molecular weight excluding hydrogens is 569 g/mol. The third-order valence-corrected chi connectivity index (χ3v) is 9.05. The third-order valence-electron chi connectivity index (χ3n) is 9.05. The van der Waals surface area contributed by atoms with Crippen molar-refractivity contribution < 1.29 is 0 Å². The topological polar surface area (TPSA) is 24.7 Å². The first-order chi connectivity index (χ1) is 23.1. The van der Waals surface area contributed by atoms with E-state index in [0.717, 1.165) is 54.9 Å². The van der Waals surface area contributed by atoms with Gasteiger partial charge in [0.25, 0.3) is 0 Å². The summed E-state index contributed by atoms with van der Waals surface area (Å²) in [6, 6.07) is 13.7. The van der Waals surface area contributed by atoms with Crippen LogP contribution in [0.4, 0.5) is 11.4 Å². The number of unbranched alkanes of at least 4 members (excludes halogenated alkanes) is 12. The normalized spacial score (nSPS) is 12.1. The minimum atomic E-state index is 0.757. The van der Waals surface area contributed by atoms with E-state index in [1.54, 1.807) is 0 Å². The minimum Gasteiger partial charge on any atom is -0.246 e. The van der Waals surface area contributed by atoms with Crippen molar-refractivity contribution in [2.75, 3.05) is 0 Å². The zero-order valence-corrected chi connectivity index (χ0v) is 31.4. The van der Waals surface area contributed by atoms with Crippen molar-refractivity contribution >= 4 is 22.8 Å². The molecular formula is C45H68N2. The van der Waals surface area contributed by atoms with E-state index in [1.807, 2.05) is 6.92 Å². The summed E-state index contributed by atoms with van der Waals surface area (Å²) in [6.07, 6.45) is 30.5. The molecule has 2 heteroatoms. The maximum absolute atomic E-state index is 5.27. The molecule has 2 aromatic rings. The highest BCUT2D eigenvalue weighted by molar-refractivity contribution is 6.53. The number of rotatable bonds is 25. The van der Waals surface area contributed by atoms with Crippen LogP contribution in [0.5, 0.6) is 0 Å². The Kier molecular flexibility index (Phi) is 22.3. The van der Waals surface area contributed by atoms with Crippen molar-refractivity contribution in [1.82, 2.24) is 0 Å². The molecule has 0 fully saturated rings. The SMILES string of the molecule is CC#CC(=Nc1ccc(CCCC)c(CCCC)c1)C(/C=C/CCCCCCCCCC)=Nc1ccc(CCCC)c(CCCC)c1. The second-order valence-corrected chi connectivity index (χ2v) is 13.3. The molecule has 2 rings (SSSR count). The van der Waals surface area contributed by atoms with Gasteiger partial charge in [-0.05, 0) is 130 Å². The Balaban J connectivity index is 2.46. The van der Waals surface area contributed by atoms with Crippen molar-refractivity contribution in [3.05, 3.63) is 70.8 Å². The van der Waals surface area contributed by atoms with Gasteiger partial charge in [0.05, 0.1) is 17.1 Å². The summed E-state index contributed by atoms with van der Waals surface area (Å²) in [6.45, 7) is 13.3. The van der Waals surface area contributed by atoms with Gasteiger partial charge in [-0.2, -0.15) is 0 Å². The highest BCUT2D eigenvalue weighted by Gasteiger charge is 2.10. The van der Waals surface area contributed by atoms with Gasteiger partial charge in [-0.3, -0.25) is 0 Å². The van der Waals surface area contributed by atoms with Crippen molar-refractivity contribution in [1.29, 1.82) is 0 Å². The molecule has 0 bridgehead atoms. The van der Waals surface area contributed by atoms with Gasteiger partial charge in [0, 0.05) is 0 Å². The Morgan fingerprint density at radius 1 is 0.532 bits per heavy atom. The van der Waals surface area contributed by atoms with Crippen molar-refractivity contribution in [2.45, 2.75) is 176 Å². The molecule has 0 radical (unpaired) electrons. The van der Waals surface area contributed by atoms with Gasteiger partial charge in [0.1, 0.15) is 5.71 Å². The number of allylic oxidation sites excluding steroid dienone is 2. The maximum atomic E-state index is 5.27. The van der Waals surface area contributed by atoms with Crippen LogP contribution in [-0.2, 0) is 25.7 Å². The first-order valence-corrected chi connectivity index (χ1v) is 19.6. The standard InChI is InChI=1S/C45H68N2/c1-7-13-18-19-20-21-22-23-24-25-31-45(47-43-35-33-39(28-15-9-3)41(37-43)30-17-11-5)44(26-12-6)46-42-34-32-38(27-14-8-2)40(36-42)29-16-10-4/h25,31-37H,7-11,13-24,27-30H2,1-6H3/b31-25+,46-44?,47-45?. The van der Waals surface area contributed by atoms with E-state index in [0.29, 0.717) is 0 Å². The summed E-state index contributed by atoms with van der Waals surface area (Å²) in [5.41, 5.74) is 9.47. The van der Waals surface area contributed by atoms with Crippen LogP contribution in [0.15, 0.2) is 58.5 Å². The van der Waals surface area contributed by atoms with Gasteiger partial charge < -0.3 is 0 Å². The predicted octanol–water partition coefficient (Wildman–Crippen LogP) is 14.0. The Hall–Kier alpha value is -2.92. The summed E-state index contributed by atoms with van der Waals surface area (Å²) < 4.78 is 0. The smallest absolute Gasteiger partial charge is 0.139 e. The van der Waals surface area contributed by atoms with Crippen molar-refractivity contribution in [3.8, 4) is 11.8 Å². The van der Waals surface area contributed by atoms with E-state index in [9.17, 15) is 0 Å². The molecule has 0 N–H and O–H groups in total. The van der Waals surface area contributed by atoms with E-state index in [4.69, 9.17) is 9.98 Å². The highest BCUT2D eigenvalue weighted by Crippen LogP contribution is 2.25. The van der Waals surface area contributed by atoms with E-state index in [1.165, 1.54) is 125 Å². The molecule has 0 saturated carbocycles. The van der Waals surface area contributed by atoms with Crippen molar-refractivity contribution in [2.24, 2.45) is 9.98 Å². The number of hydrogen-bond donors (Lipinski definition) is 0. The summed E-state index contributed by atoms with van der Waals surface area (Å²) in [7, 11) is 0. The number of aliphatic imine (C=N–C) groups is 2. The number of aryl methyl sites for hydroxylation is 4. The van der Waals surface area contributed by atoms with E-state index in [-0.39, 0.29) is 0 Å². The molecule has 258 valence electrons. The highest BCUT2D eigenvalue weighted by atomic mass is 14.8. The van der Waals surface area contributed by atoms with Gasteiger partial charge in [-0.15, -0.1) is 0 Å². The first-order valence-electron chi connectivity index (χ1n) is 19.6. The Labute approximate surface area is 291 Å². The predicted molar refractivity (Wildman–Crippen MR) is 211 cm³/mol. The lowest BCUT2D eigenvalue weighted by Crippen LogP contribution is -2.09. The fraction of sp³-hybridized carbons (Fsp3) is 0.600. The maximum Gasteiger partial charge on any atom is 0.139 e. The van der Waals surface area contributed by atoms with Crippen LogP contribution in [0.3, 0.4) is 0 Å². The lowest BCUT2D eigenvalue weighted by Gasteiger charge is -2.12. The van der Waals surface area contributed by atoms with Crippen molar-refractivity contribution in [3.63, 3.8) is 0 Å².